The molecule has 0 fully saturated rings. The number of hydrogen-bond acceptors (Lipinski definition) is 5. The summed E-state index contributed by atoms with van der Waals surface area (Å²) >= 11 is 5.91. The first-order valence-corrected chi connectivity index (χ1v) is 9.11. The number of rotatable bonds is 5. The Bertz CT molecular complexity index is 1250. The molecule has 0 spiro atoms. The molecule has 2 heterocycles. The van der Waals surface area contributed by atoms with E-state index < -0.39 is 5.91 Å². The smallest absolute Gasteiger partial charge is 0.292 e. The quantitative estimate of drug-likeness (QED) is 0.539. The number of anilines is 1. The lowest BCUT2D eigenvalue weighted by atomic mass is 10.2. The lowest BCUT2D eigenvalue weighted by Crippen LogP contribution is -2.18. The highest BCUT2D eigenvalue weighted by atomic mass is 35.5. The van der Waals surface area contributed by atoms with Gasteiger partial charge in [-0.2, -0.15) is 5.10 Å². The van der Waals surface area contributed by atoms with E-state index in [4.69, 9.17) is 20.8 Å². The highest BCUT2D eigenvalue weighted by Gasteiger charge is 2.15. The van der Waals surface area contributed by atoms with Crippen LogP contribution in [0.25, 0.3) is 11.0 Å². The Kier molecular flexibility index (Phi) is 5.05. The number of nitrogens with zero attached hydrogens (tertiary/aromatic N) is 2. The summed E-state index contributed by atoms with van der Waals surface area (Å²) in [4.78, 5) is 24.9. The van der Waals surface area contributed by atoms with Crippen LogP contribution in [0.5, 0.6) is 5.75 Å². The molecule has 0 saturated heterocycles. The Morgan fingerprint density at radius 1 is 1.17 bits per heavy atom. The van der Waals surface area contributed by atoms with Gasteiger partial charge in [0.05, 0.1) is 25.2 Å². The van der Waals surface area contributed by atoms with E-state index in [9.17, 15) is 9.59 Å². The lowest BCUT2D eigenvalue weighted by Gasteiger charge is -2.10. The van der Waals surface area contributed by atoms with Crippen molar-refractivity contribution in [3.8, 4) is 5.75 Å². The van der Waals surface area contributed by atoms with Gasteiger partial charge in [0, 0.05) is 17.2 Å². The molecule has 0 atom stereocenters. The summed E-state index contributed by atoms with van der Waals surface area (Å²) in [6.07, 6.45) is 1.58. The van der Waals surface area contributed by atoms with E-state index in [1.54, 1.807) is 36.2 Å². The Hall–Kier alpha value is -3.58. The SMILES string of the molecule is COc1ccc(Cn2nccc2NC(=O)c2cc(=O)c3cc(Cl)ccc3o2)cc1. The van der Waals surface area contributed by atoms with Gasteiger partial charge in [-0.1, -0.05) is 23.7 Å². The number of benzene rings is 2. The monoisotopic (exact) mass is 409 g/mol. The number of amides is 1. The third-order valence-electron chi connectivity index (χ3n) is 4.36. The van der Waals surface area contributed by atoms with Crippen molar-refractivity contribution >= 4 is 34.3 Å². The van der Waals surface area contributed by atoms with E-state index >= 15 is 0 Å². The molecule has 146 valence electrons. The lowest BCUT2D eigenvalue weighted by molar-refractivity contribution is 0.0996. The number of aromatic nitrogens is 2. The molecule has 0 aliphatic heterocycles. The summed E-state index contributed by atoms with van der Waals surface area (Å²) in [5, 5.41) is 7.71. The van der Waals surface area contributed by atoms with Gasteiger partial charge >= 0.3 is 0 Å². The zero-order valence-electron chi connectivity index (χ0n) is 15.4. The first-order chi connectivity index (χ1) is 14.0. The van der Waals surface area contributed by atoms with E-state index in [0.717, 1.165) is 17.4 Å². The van der Waals surface area contributed by atoms with Crippen molar-refractivity contribution in [1.29, 1.82) is 0 Å². The minimum absolute atomic E-state index is 0.0954. The fourth-order valence-electron chi connectivity index (χ4n) is 2.89. The van der Waals surface area contributed by atoms with Gasteiger partial charge in [-0.3, -0.25) is 9.59 Å². The molecular weight excluding hydrogens is 394 g/mol. The third-order valence-corrected chi connectivity index (χ3v) is 4.60. The van der Waals surface area contributed by atoms with E-state index in [0.29, 0.717) is 28.4 Å². The first-order valence-electron chi connectivity index (χ1n) is 8.73. The van der Waals surface area contributed by atoms with Crippen LogP contribution in [0.2, 0.25) is 5.02 Å². The molecule has 1 N–H and O–H groups in total. The molecule has 2 aromatic carbocycles. The number of carbonyl (C=O) groups excluding carboxylic acids is 1. The normalized spacial score (nSPS) is 10.8. The molecule has 29 heavy (non-hydrogen) atoms. The van der Waals surface area contributed by atoms with Gasteiger partial charge in [0.1, 0.15) is 17.2 Å². The van der Waals surface area contributed by atoms with Gasteiger partial charge in [-0.25, -0.2) is 4.68 Å². The van der Waals surface area contributed by atoms with E-state index in [1.165, 1.54) is 6.07 Å². The van der Waals surface area contributed by atoms with Crippen LogP contribution in [0.3, 0.4) is 0 Å². The summed E-state index contributed by atoms with van der Waals surface area (Å²) < 4.78 is 12.4. The number of hydrogen-bond donors (Lipinski definition) is 1. The zero-order valence-corrected chi connectivity index (χ0v) is 16.1. The molecule has 0 aliphatic rings. The topological polar surface area (TPSA) is 86.4 Å². The van der Waals surface area contributed by atoms with Gasteiger partial charge < -0.3 is 14.5 Å². The van der Waals surface area contributed by atoms with Crippen LogP contribution in [-0.4, -0.2) is 22.8 Å². The highest BCUT2D eigenvalue weighted by molar-refractivity contribution is 6.31. The van der Waals surface area contributed by atoms with Gasteiger partial charge in [0.15, 0.2) is 11.2 Å². The maximum absolute atomic E-state index is 12.6. The number of ether oxygens (including phenoxy) is 1. The molecule has 0 radical (unpaired) electrons. The standard InChI is InChI=1S/C21H16ClN3O4/c1-28-15-5-2-13(3-6-15)12-25-20(8-9-23-25)24-21(27)19-11-17(26)16-10-14(22)4-7-18(16)29-19/h2-11H,12H2,1H3,(H,24,27). The van der Waals surface area contributed by atoms with Gasteiger partial charge in [-0.05, 0) is 35.9 Å². The second kappa shape index (κ2) is 7.81. The molecule has 4 rings (SSSR count). The number of fused-ring (bicyclic) bond motifs is 1. The minimum atomic E-state index is -0.546. The molecule has 1 amide bonds. The molecule has 0 bridgehead atoms. The van der Waals surface area contributed by atoms with E-state index in [1.807, 2.05) is 24.3 Å². The number of nitrogens with one attached hydrogen (secondary N) is 1. The van der Waals surface area contributed by atoms with E-state index in [-0.39, 0.29) is 11.2 Å². The first kappa shape index (κ1) is 18.8. The molecule has 4 aromatic rings. The summed E-state index contributed by atoms with van der Waals surface area (Å²) in [6.45, 7) is 0.451. The van der Waals surface area contributed by atoms with Gasteiger partial charge in [0.25, 0.3) is 5.91 Å². The molecule has 0 unspecified atom stereocenters. The van der Waals surface area contributed by atoms with Crippen LogP contribution in [0.15, 0.2) is 70.0 Å². The maximum atomic E-state index is 12.6. The van der Waals surface area contributed by atoms with Crippen LogP contribution < -0.4 is 15.5 Å². The van der Waals surface area contributed by atoms with Crippen molar-refractivity contribution in [2.45, 2.75) is 6.54 Å². The minimum Gasteiger partial charge on any atom is -0.497 e. The van der Waals surface area contributed by atoms with Gasteiger partial charge in [-0.15, -0.1) is 0 Å². The predicted molar refractivity (Wildman–Crippen MR) is 110 cm³/mol. The Morgan fingerprint density at radius 3 is 2.72 bits per heavy atom. The van der Waals surface area contributed by atoms with Crippen molar-refractivity contribution in [1.82, 2.24) is 9.78 Å². The fourth-order valence-corrected chi connectivity index (χ4v) is 3.06. The second-order valence-electron chi connectivity index (χ2n) is 6.29. The Morgan fingerprint density at radius 2 is 1.97 bits per heavy atom. The van der Waals surface area contributed by atoms with Crippen LogP contribution in [0.4, 0.5) is 5.82 Å². The van der Waals surface area contributed by atoms with Crippen molar-refractivity contribution in [3.63, 3.8) is 0 Å². The summed E-state index contributed by atoms with van der Waals surface area (Å²) in [5.41, 5.74) is 0.934. The van der Waals surface area contributed by atoms with Crippen LogP contribution >= 0.6 is 11.6 Å². The molecule has 8 heteroatoms. The predicted octanol–water partition coefficient (Wildman–Crippen LogP) is 3.95. The van der Waals surface area contributed by atoms with Crippen LogP contribution in [0.1, 0.15) is 16.1 Å². The highest BCUT2D eigenvalue weighted by Crippen LogP contribution is 2.19. The average Bonchev–Trinajstić information content (AvgIpc) is 3.15. The van der Waals surface area contributed by atoms with Crippen molar-refractivity contribution < 1.29 is 13.9 Å². The zero-order chi connectivity index (χ0) is 20.4. The largest absolute Gasteiger partial charge is 0.497 e. The second-order valence-corrected chi connectivity index (χ2v) is 6.73. The summed E-state index contributed by atoms with van der Waals surface area (Å²) in [5.74, 6) is 0.595. The molecule has 7 nitrogen and oxygen atoms in total. The average molecular weight is 410 g/mol. The molecule has 0 saturated carbocycles. The van der Waals surface area contributed by atoms with Crippen LogP contribution in [-0.2, 0) is 6.54 Å². The summed E-state index contributed by atoms with van der Waals surface area (Å²) in [6, 6.07) is 15.0. The van der Waals surface area contributed by atoms with Crippen molar-refractivity contribution in [2.75, 3.05) is 12.4 Å². The molecular formula is C21H16ClN3O4. The Labute approximate surface area is 170 Å². The number of carbonyl (C=O) groups is 1. The van der Waals surface area contributed by atoms with Crippen molar-refractivity contribution in [3.05, 3.63) is 87.4 Å². The van der Waals surface area contributed by atoms with Crippen molar-refractivity contribution in [2.24, 2.45) is 0 Å². The third kappa shape index (κ3) is 4.00. The summed E-state index contributed by atoms with van der Waals surface area (Å²) in [7, 11) is 1.61. The van der Waals surface area contributed by atoms with E-state index in [2.05, 4.69) is 10.4 Å². The molecule has 0 aliphatic carbocycles. The Balaban J connectivity index is 1.56. The number of methoxy groups -OCH3 is 1. The maximum Gasteiger partial charge on any atom is 0.292 e. The van der Waals surface area contributed by atoms with Gasteiger partial charge in [0.2, 0.25) is 0 Å². The fraction of sp³-hybridized carbons (Fsp3) is 0.0952. The van der Waals surface area contributed by atoms with Crippen LogP contribution in [0, 0.1) is 0 Å². The number of halogens is 1. The molecule has 2 aromatic heterocycles.